The molecule has 0 aliphatic heterocycles. The second kappa shape index (κ2) is 3.36. The fourth-order valence-corrected chi connectivity index (χ4v) is 2.27. The fraction of sp³-hybridized carbons (Fsp3) is 0. The van der Waals surface area contributed by atoms with Crippen molar-refractivity contribution in [2.45, 2.75) is 0 Å². The normalized spacial score (nSPS) is 10.6. The Labute approximate surface area is 91.7 Å². The van der Waals surface area contributed by atoms with Crippen molar-refractivity contribution in [2.75, 3.05) is 0 Å². The molecule has 0 radical (unpaired) electrons. The van der Waals surface area contributed by atoms with Gasteiger partial charge in [-0.1, -0.05) is 15.9 Å². The van der Waals surface area contributed by atoms with Gasteiger partial charge >= 0.3 is 0 Å². The predicted octanol–water partition coefficient (Wildman–Crippen LogP) is 3.44. The Hall–Kier alpha value is -0.450. The van der Waals surface area contributed by atoms with Crippen molar-refractivity contribution in [3.8, 4) is 0 Å². The molecule has 2 aromatic rings. The van der Waals surface area contributed by atoms with E-state index in [1.54, 1.807) is 0 Å². The first-order chi connectivity index (χ1) is 6.16. The Bertz CT molecular complexity index is 482. The SMILES string of the molecule is O=C(Cl)c1nc2cc(Br)ccc2s1. The van der Waals surface area contributed by atoms with Crippen molar-refractivity contribution in [2.24, 2.45) is 0 Å². The van der Waals surface area contributed by atoms with Gasteiger partial charge in [-0.05, 0) is 29.8 Å². The summed E-state index contributed by atoms with van der Waals surface area (Å²) in [6, 6.07) is 5.67. The summed E-state index contributed by atoms with van der Waals surface area (Å²) in [5, 5.41) is -0.160. The molecule has 0 aliphatic rings. The number of carbonyl (C=O) groups is 1. The highest BCUT2D eigenvalue weighted by Crippen LogP contribution is 2.25. The standard InChI is InChI=1S/C8H3BrClNOS/c9-4-1-2-6-5(3-4)11-8(13-6)7(10)12/h1-3H. The predicted molar refractivity (Wildman–Crippen MR) is 57.5 cm³/mol. The monoisotopic (exact) mass is 275 g/mol. The van der Waals surface area contributed by atoms with E-state index in [1.807, 2.05) is 18.2 Å². The number of nitrogens with zero attached hydrogens (tertiary/aromatic N) is 1. The van der Waals surface area contributed by atoms with Crippen molar-refractivity contribution in [3.63, 3.8) is 0 Å². The lowest BCUT2D eigenvalue weighted by atomic mass is 10.3. The van der Waals surface area contributed by atoms with E-state index in [2.05, 4.69) is 20.9 Å². The average Bonchev–Trinajstić information content (AvgIpc) is 2.46. The van der Waals surface area contributed by atoms with Gasteiger partial charge < -0.3 is 0 Å². The van der Waals surface area contributed by atoms with Gasteiger partial charge in [-0.25, -0.2) is 4.98 Å². The van der Waals surface area contributed by atoms with Gasteiger partial charge in [-0.2, -0.15) is 0 Å². The van der Waals surface area contributed by atoms with E-state index in [9.17, 15) is 4.79 Å². The average molecular weight is 277 g/mol. The van der Waals surface area contributed by atoms with Gasteiger partial charge in [-0.3, -0.25) is 4.79 Å². The second-order valence-electron chi connectivity index (χ2n) is 2.40. The molecule has 0 aliphatic carbocycles. The minimum atomic E-state index is -0.502. The molecule has 13 heavy (non-hydrogen) atoms. The van der Waals surface area contributed by atoms with Crippen LogP contribution in [-0.4, -0.2) is 10.2 Å². The molecule has 0 spiro atoms. The number of hydrogen-bond acceptors (Lipinski definition) is 3. The molecule has 0 atom stereocenters. The molecule has 5 heteroatoms. The van der Waals surface area contributed by atoms with Crippen molar-refractivity contribution < 1.29 is 4.79 Å². The van der Waals surface area contributed by atoms with Crippen molar-refractivity contribution in [1.82, 2.24) is 4.98 Å². The molecule has 1 heterocycles. The van der Waals surface area contributed by atoms with Crippen LogP contribution >= 0.6 is 38.9 Å². The van der Waals surface area contributed by atoms with E-state index in [4.69, 9.17) is 11.6 Å². The molecule has 0 saturated heterocycles. The molecule has 0 amide bonds. The zero-order valence-electron chi connectivity index (χ0n) is 6.25. The summed E-state index contributed by atoms with van der Waals surface area (Å²) in [6.07, 6.45) is 0. The summed E-state index contributed by atoms with van der Waals surface area (Å²) in [7, 11) is 0. The molecule has 0 saturated carbocycles. The van der Waals surface area contributed by atoms with Gasteiger partial charge in [0.05, 0.1) is 10.2 Å². The van der Waals surface area contributed by atoms with E-state index in [-0.39, 0.29) is 0 Å². The van der Waals surface area contributed by atoms with Crippen LogP contribution in [0.15, 0.2) is 22.7 Å². The summed E-state index contributed by atoms with van der Waals surface area (Å²) in [5.74, 6) is 0. The summed E-state index contributed by atoms with van der Waals surface area (Å²) in [6.45, 7) is 0. The van der Waals surface area contributed by atoms with E-state index < -0.39 is 5.24 Å². The molecular formula is C8H3BrClNOS. The summed E-state index contributed by atoms with van der Waals surface area (Å²) in [4.78, 5) is 14.9. The van der Waals surface area contributed by atoms with Gasteiger partial charge in [0.1, 0.15) is 0 Å². The van der Waals surface area contributed by atoms with Crippen LogP contribution in [0.5, 0.6) is 0 Å². The molecular weight excluding hydrogens is 274 g/mol. The first-order valence-electron chi connectivity index (χ1n) is 3.43. The summed E-state index contributed by atoms with van der Waals surface area (Å²) in [5.41, 5.74) is 0.795. The number of fused-ring (bicyclic) bond motifs is 1. The minimum Gasteiger partial charge on any atom is -0.273 e. The minimum absolute atomic E-state index is 0.342. The highest BCUT2D eigenvalue weighted by Gasteiger charge is 2.08. The molecule has 0 bridgehead atoms. The molecule has 0 fully saturated rings. The molecule has 1 aromatic carbocycles. The van der Waals surface area contributed by atoms with Gasteiger partial charge in [-0.15, -0.1) is 11.3 Å². The number of hydrogen-bond donors (Lipinski definition) is 0. The van der Waals surface area contributed by atoms with E-state index in [1.165, 1.54) is 11.3 Å². The Kier molecular flexibility index (Phi) is 2.36. The van der Waals surface area contributed by atoms with Gasteiger partial charge in [0.2, 0.25) is 0 Å². The summed E-state index contributed by atoms with van der Waals surface area (Å²) < 4.78 is 1.91. The number of benzene rings is 1. The van der Waals surface area contributed by atoms with Crippen LogP contribution in [0, 0.1) is 0 Å². The van der Waals surface area contributed by atoms with Crippen LogP contribution < -0.4 is 0 Å². The second-order valence-corrected chi connectivity index (χ2v) is 4.69. The van der Waals surface area contributed by atoms with Crippen LogP contribution in [0.2, 0.25) is 0 Å². The van der Waals surface area contributed by atoms with E-state index in [0.29, 0.717) is 5.01 Å². The zero-order chi connectivity index (χ0) is 9.42. The first-order valence-corrected chi connectivity index (χ1v) is 5.41. The smallest absolute Gasteiger partial charge is 0.273 e. The quantitative estimate of drug-likeness (QED) is 0.747. The largest absolute Gasteiger partial charge is 0.281 e. The Balaban J connectivity index is 2.68. The Morgan fingerprint density at radius 3 is 3.00 bits per heavy atom. The molecule has 2 nitrogen and oxygen atoms in total. The maximum atomic E-state index is 10.8. The maximum Gasteiger partial charge on any atom is 0.281 e. The lowest BCUT2D eigenvalue weighted by Crippen LogP contribution is -1.84. The third kappa shape index (κ3) is 1.75. The number of carbonyl (C=O) groups excluding carboxylic acids is 1. The third-order valence-corrected chi connectivity index (χ3v) is 3.34. The van der Waals surface area contributed by atoms with Crippen molar-refractivity contribution in [1.29, 1.82) is 0 Å². The van der Waals surface area contributed by atoms with Gasteiger partial charge in [0, 0.05) is 4.47 Å². The third-order valence-electron chi connectivity index (χ3n) is 1.52. The highest BCUT2D eigenvalue weighted by molar-refractivity contribution is 9.10. The Morgan fingerprint density at radius 1 is 1.54 bits per heavy atom. The van der Waals surface area contributed by atoms with E-state index >= 15 is 0 Å². The van der Waals surface area contributed by atoms with Crippen LogP contribution in [-0.2, 0) is 0 Å². The summed E-state index contributed by atoms with van der Waals surface area (Å²) >= 11 is 9.94. The number of halogens is 2. The molecule has 0 unspecified atom stereocenters. The topological polar surface area (TPSA) is 30.0 Å². The lowest BCUT2D eigenvalue weighted by molar-refractivity contribution is 0.108. The van der Waals surface area contributed by atoms with Crippen LogP contribution in [0.1, 0.15) is 9.80 Å². The van der Waals surface area contributed by atoms with Crippen molar-refractivity contribution >= 4 is 54.3 Å². The number of thiazole rings is 1. The van der Waals surface area contributed by atoms with Crippen LogP contribution in [0.25, 0.3) is 10.2 Å². The van der Waals surface area contributed by atoms with Gasteiger partial charge in [0.25, 0.3) is 5.24 Å². The highest BCUT2D eigenvalue weighted by atomic mass is 79.9. The van der Waals surface area contributed by atoms with Crippen LogP contribution in [0.4, 0.5) is 0 Å². The molecule has 1 aromatic heterocycles. The zero-order valence-corrected chi connectivity index (χ0v) is 9.41. The Morgan fingerprint density at radius 2 is 2.31 bits per heavy atom. The molecule has 0 N–H and O–H groups in total. The molecule has 2 rings (SSSR count). The first kappa shape index (κ1) is 9.12. The maximum absolute atomic E-state index is 10.8. The fourth-order valence-electron chi connectivity index (χ4n) is 0.985. The number of rotatable bonds is 1. The van der Waals surface area contributed by atoms with E-state index in [0.717, 1.165) is 14.7 Å². The lowest BCUT2D eigenvalue weighted by Gasteiger charge is -1.86. The van der Waals surface area contributed by atoms with Crippen LogP contribution in [0.3, 0.4) is 0 Å². The van der Waals surface area contributed by atoms with Crippen molar-refractivity contribution in [3.05, 3.63) is 27.7 Å². The van der Waals surface area contributed by atoms with Gasteiger partial charge in [0.15, 0.2) is 5.01 Å². The molecule has 66 valence electrons. The number of aromatic nitrogens is 1.